The number of rotatable bonds is 4. The van der Waals surface area contributed by atoms with E-state index >= 15 is 0 Å². The second-order valence-corrected chi connectivity index (χ2v) is 6.12. The molecule has 4 nitrogen and oxygen atoms in total. The minimum atomic E-state index is 0.186. The van der Waals surface area contributed by atoms with Crippen LogP contribution < -0.4 is 0 Å². The maximum Gasteiger partial charge on any atom is 0.236 e. The molecule has 0 aromatic heterocycles. The highest BCUT2D eigenvalue weighted by atomic mass is 16.2. The maximum absolute atomic E-state index is 12.1. The number of Topliss-reactive ketones (excluding diaryl/α,β-unsaturated/α-hetero) is 1. The summed E-state index contributed by atoms with van der Waals surface area (Å²) in [7, 11) is 2.04. The number of likely N-dealkylation sites (N-methyl/N-ethyl adjacent to an activating group) is 1. The van der Waals surface area contributed by atoms with Crippen LogP contribution in [0.3, 0.4) is 0 Å². The SMILES string of the molecule is CN(CC(=O)N1CCC(=O)CC1)CC1CCCCC1. The second kappa shape index (κ2) is 7.04. The molecule has 0 aromatic carbocycles. The number of carbonyl (C=O) groups is 2. The van der Waals surface area contributed by atoms with Gasteiger partial charge in [-0.15, -0.1) is 0 Å². The topological polar surface area (TPSA) is 40.6 Å². The van der Waals surface area contributed by atoms with Crippen molar-refractivity contribution >= 4 is 11.7 Å². The predicted molar refractivity (Wildman–Crippen MR) is 74.9 cm³/mol. The molecule has 0 N–H and O–H groups in total. The summed E-state index contributed by atoms with van der Waals surface area (Å²) in [5.74, 6) is 1.25. The third-order valence-corrected chi connectivity index (χ3v) is 4.37. The van der Waals surface area contributed by atoms with Gasteiger partial charge in [0.05, 0.1) is 6.54 Å². The number of amides is 1. The lowest BCUT2D eigenvalue weighted by Gasteiger charge is -2.30. The molecular weight excluding hydrogens is 240 g/mol. The van der Waals surface area contributed by atoms with Crippen molar-refractivity contribution in [3.05, 3.63) is 0 Å². The molecule has 2 aliphatic rings. The molecule has 0 unspecified atom stereocenters. The van der Waals surface area contributed by atoms with Gasteiger partial charge in [0.15, 0.2) is 0 Å². The van der Waals surface area contributed by atoms with Crippen LogP contribution in [0.1, 0.15) is 44.9 Å². The first kappa shape index (κ1) is 14.5. The molecule has 0 atom stereocenters. The van der Waals surface area contributed by atoms with Crippen LogP contribution in [-0.4, -0.2) is 54.7 Å². The quantitative estimate of drug-likeness (QED) is 0.777. The minimum absolute atomic E-state index is 0.186. The lowest BCUT2D eigenvalue weighted by Crippen LogP contribution is -2.44. The number of carbonyl (C=O) groups excluding carboxylic acids is 2. The first-order valence-electron chi connectivity index (χ1n) is 7.63. The highest BCUT2D eigenvalue weighted by Gasteiger charge is 2.22. The third kappa shape index (κ3) is 4.60. The summed E-state index contributed by atoms with van der Waals surface area (Å²) in [6.07, 6.45) is 7.78. The summed E-state index contributed by atoms with van der Waals surface area (Å²) in [5, 5.41) is 0. The molecular formula is C15H26N2O2. The molecule has 2 rings (SSSR count). The van der Waals surface area contributed by atoms with E-state index in [0.29, 0.717) is 38.3 Å². The van der Waals surface area contributed by atoms with E-state index in [0.717, 1.165) is 12.5 Å². The van der Waals surface area contributed by atoms with E-state index in [1.165, 1.54) is 32.1 Å². The molecule has 1 saturated heterocycles. The first-order chi connectivity index (χ1) is 9.15. The number of hydrogen-bond acceptors (Lipinski definition) is 3. The van der Waals surface area contributed by atoms with Gasteiger partial charge < -0.3 is 4.90 Å². The van der Waals surface area contributed by atoms with Crippen molar-refractivity contribution in [2.24, 2.45) is 5.92 Å². The predicted octanol–water partition coefficient (Wildman–Crippen LogP) is 1.69. The molecule has 1 saturated carbocycles. The first-order valence-corrected chi connectivity index (χ1v) is 7.63. The van der Waals surface area contributed by atoms with Crippen LogP contribution in [-0.2, 0) is 9.59 Å². The van der Waals surface area contributed by atoms with Gasteiger partial charge >= 0.3 is 0 Å². The molecule has 0 bridgehead atoms. The van der Waals surface area contributed by atoms with Crippen molar-refractivity contribution in [1.82, 2.24) is 9.80 Å². The third-order valence-electron chi connectivity index (χ3n) is 4.37. The van der Waals surface area contributed by atoms with Gasteiger partial charge in [-0.05, 0) is 25.8 Å². The fourth-order valence-corrected chi connectivity index (χ4v) is 3.21. The van der Waals surface area contributed by atoms with E-state index < -0.39 is 0 Å². The van der Waals surface area contributed by atoms with Gasteiger partial charge in [-0.2, -0.15) is 0 Å². The molecule has 19 heavy (non-hydrogen) atoms. The molecule has 2 fully saturated rings. The molecule has 0 aromatic rings. The summed E-state index contributed by atoms with van der Waals surface area (Å²) in [6, 6.07) is 0. The summed E-state index contributed by atoms with van der Waals surface area (Å²) in [6.45, 7) is 2.78. The van der Waals surface area contributed by atoms with Crippen molar-refractivity contribution in [2.75, 3.05) is 33.2 Å². The Balaban J connectivity index is 1.70. The van der Waals surface area contributed by atoms with E-state index in [-0.39, 0.29) is 5.91 Å². The Morgan fingerprint density at radius 3 is 2.47 bits per heavy atom. The molecule has 1 aliphatic heterocycles. The average Bonchev–Trinajstić information content (AvgIpc) is 2.40. The lowest BCUT2D eigenvalue weighted by atomic mass is 9.89. The maximum atomic E-state index is 12.1. The summed E-state index contributed by atoms with van der Waals surface area (Å²) in [5.41, 5.74) is 0. The molecule has 1 heterocycles. The Labute approximate surface area is 116 Å². The van der Waals surface area contributed by atoms with Gasteiger partial charge in [-0.25, -0.2) is 0 Å². The number of ketones is 1. The van der Waals surface area contributed by atoms with Crippen LogP contribution in [0.15, 0.2) is 0 Å². The summed E-state index contributed by atoms with van der Waals surface area (Å²) < 4.78 is 0. The fraction of sp³-hybridized carbons (Fsp3) is 0.867. The van der Waals surface area contributed by atoms with E-state index in [4.69, 9.17) is 0 Å². The normalized spacial score (nSPS) is 22.0. The van der Waals surface area contributed by atoms with E-state index in [1.807, 2.05) is 11.9 Å². The molecule has 1 amide bonds. The fourth-order valence-electron chi connectivity index (χ4n) is 3.21. The van der Waals surface area contributed by atoms with E-state index in [9.17, 15) is 9.59 Å². The zero-order valence-electron chi connectivity index (χ0n) is 12.1. The number of likely N-dealkylation sites (tertiary alicyclic amines) is 1. The zero-order valence-corrected chi connectivity index (χ0v) is 12.1. The standard InChI is InChI=1S/C15H26N2O2/c1-16(11-13-5-3-2-4-6-13)12-15(19)17-9-7-14(18)8-10-17/h13H,2-12H2,1H3. The Hall–Kier alpha value is -0.900. The minimum Gasteiger partial charge on any atom is -0.341 e. The van der Waals surface area contributed by atoms with Crippen LogP contribution in [0.4, 0.5) is 0 Å². The monoisotopic (exact) mass is 266 g/mol. The Kier molecular flexibility index (Phi) is 5.37. The summed E-state index contributed by atoms with van der Waals surface area (Å²) in [4.78, 5) is 27.3. The van der Waals surface area contributed by atoms with Crippen molar-refractivity contribution in [2.45, 2.75) is 44.9 Å². The van der Waals surface area contributed by atoms with Crippen LogP contribution in [0.25, 0.3) is 0 Å². The average molecular weight is 266 g/mol. The van der Waals surface area contributed by atoms with Gasteiger partial charge in [0.25, 0.3) is 0 Å². The van der Waals surface area contributed by atoms with Crippen molar-refractivity contribution in [1.29, 1.82) is 0 Å². The second-order valence-electron chi connectivity index (χ2n) is 6.12. The smallest absolute Gasteiger partial charge is 0.236 e. The molecule has 1 aliphatic carbocycles. The van der Waals surface area contributed by atoms with Crippen molar-refractivity contribution in [3.8, 4) is 0 Å². The highest BCUT2D eigenvalue weighted by molar-refractivity contribution is 5.84. The van der Waals surface area contributed by atoms with E-state index in [1.54, 1.807) is 0 Å². The van der Waals surface area contributed by atoms with Gasteiger partial charge in [0.1, 0.15) is 5.78 Å². The van der Waals surface area contributed by atoms with Crippen LogP contribution >= 0.6 is 0 Å². The van der Waals surface area contributed by atoms with Gasteiger partial charge in [0.2, 0.25) is 5.91 Å². The number of nitrogens with zero attached hydrogens (tertiary/aromatic N) is 2. The van der Waals surface area contributed by atoms with E-state index in [2.05, 4.69) is 4.90 Å². The van der Waals surface area contributed by atoms with Gasteiger partial charge in [-0.3, -0.25) is 14.5 Å². The molecule has 108 valence electrons. The number of hydrogen-bond donors (Lipinski definition) is 0. The molecule has 4 heteroatoms. The molecule has 0 spiro atoms. The van der Waals surface area contributed by atoms with Crippen LogP contribution in [0, 0.1) is 5.92 Å². The van der Waals surface area contributed by atoms with Gasteiger partial charge in [0, 0.05) is 32.5 Å². The number of piperidine rings is 1. The highest BCUT2D eigenvalue weighted by Crippen LogP contribution is 2.24. The Morgan fingerprint density at radius 1 is 1.21 bits per heavy atom. The zero-order chi connectivity index (χ0) is 13.7. The van der Waals surface area contributed by atoms with Crippen molar-refractivity contribution < 1.29 is 9.59 Å². The Morgan fingerprint density at radius 2 is 1.84 bits per heavy atom. The Bertz CT molecular complexity index is 314. The largest absolute Gasteiger partial charge is 0.341 e. The lowest BCUT2D eigenvalue weighted by molar-refractivity contribution is -0.135. The van der Waals surface area contributed by atoms with Crippen LogP contribution in [0.5, 0.6) is 0 Å². The molecule has 0 radical (unpaired) electrons. The van der Waals surface area contributed by atoms with Crippen LogP contribution in [0.2, 0.25) is 0 Å². The summed E-state index contributed by atoms with van der Waals surface area (Å²) >= 11 is 0. The van der Waals surface area contributed by atoms with Crippen molar-refractivity contribution in [3.63, 3.8) is 0 Å². The van der Waals surface area contributed by atoms with Gasteiger partial charge in [-0.1, -0.05) is 19.3 Å².